The Morgan fingerprint density at radius 1 is 1.18 bits per heavy atom. The Morgan fingerprint density at radius 3 is 2.06 bits per heavy atom. The molecule has 2 heteroatoms. The van der Waals surface area contributed by atoms with Crippen LogP contribution in [0, 0.1) is 11.3 Å². The first-order valence-corrected chi connectivity index (χ1v) is 5.50. The van der Waals surface area contributed by atoms with Crippen molar-refractivity contribution in [1.29, 1.82) is 5.41 Å². The standard InChI is InChI=1S/C15H21NO/c1-7-8-11(4)15(16)12(5)9-14(10(2)3)13(6)17/h7-10,16-17H,4-6H2,1-3H3/b8-7-,14-9-,16-15?. The highest BCUT2D eigenvalue weighted by atomic mass is 16.3. The molecule has 0 unspecified atom stereocenters. The number of hydrogen-bond acceptors (Lipinski definition) is 2. The molecule has 0 amide bonds. The molecule has 0 saturated carbocycles. The fourth-order valence-electron chi connectivity index (χ4n) is 1.33. The van der Waals surface area contributed by atoms with Gasteiger partial charge in [0.05, 0.1) is 5.71 Å². The van der Waals surface area contributed by atoms with E-state index in [-0.39, 0.29) is 17.4 Å². The third kappa shape index (κ3) is 4.68. The van der Waals surface area contributed by atoms with Crippen LogP contribution in [0.5, 0.6) is 0 Å². The Kier molecular flexibility index (Phi) is 5.97. The lowest BCUT2D eigenvalue weighted by molar-refractivity contribution is 0.413. The second-order valence-electron chi connectivity index (χ2n) is 4.13. The van der Waals surface area contributed by atoms with Crippen LogP contribution in [0.1, 0.15) is 20.8 Å². The van der Waals surface area contributed by atoms with Crippen LogP contribution in [0.15, 0.2) is 60.4 Å². The van der Waals surface area contributed by atoms with E-state index in [0.29, 0.717) is 16.7 Å². The number of allylic oxidation sites excluding steroid dienone is 6. The van der Waals surface area contributed by atoms with Gasteiger partial charge < -0.3 is 5.11 Å². The van der Waals surface area contributed by atoms with E-state index in [1.807, 2.05) is 26.8 Å². The minimum Gasteiger partial charge on any atom is -0.508 e. The largest absolute Gasteiger partial charge is 0.508 e. The minimum absolute atomic E-state index is 0.0191. The van der Waals surface area contributed by atoms with Gasteiger partial charge >= 0.3 is 0 Å². The van der Waals surface area contributed by atoms with Crippen molar-refractivity contribution in [3.05, 3.63) is 60.4 Å². The monoisotopic (exact) mass is 231 g/mol. The third-order valence-corrected chi connectivity index (χ3v) is 2.30. The van der Waals surface area contributed by atoms with Gasteiger partial charge in [0.1, 0.15) is 5.76 Å². The summed E-state index contributed by atoms with van der Waals surface area (Å²) in [5.41, 5.74) is 2.07. The van der Waals surface area contributed by atoms with Gasteiger partial charge in [-0.15, -0.1) is 0 Å². The predicted molar refractivity (Wildman–Crippen MR) is 75.5 cm³/mol. The number of hydrogen-bond donors (Lipinski definition) is 2. The number of rotatable bonds is 6. The molecule has 0 aliphatic carbocycles. The van der Waals surface area contributed by atoms with Crippen LogP contribution < -0.4 is 0 Å². The topological polar surface area (TPSA) is 44.1 Å². The van der Waals surface area contributed by atoms with E-state index in [2.05, 4.69) is 19.7 Å². The molecule has 0 aliphatic heterocycles. The van der Waals surface area contributed by atoms with E-state index < -0.39 is 0 Å². The normalized spacial score (nSPS) is 11.9. The summed E-state index contributed by atoms with van der Waals surface area (Å²) in [5.74, 6) is 0.151. The minimum atomic E-state index is 0.0191. The summed E-state index contributed by atoms with van der Waals surface area (Å²) in [5, 5.41) is 17.3. The van der Waals surface area contributed by atoms with E-state index in [0.717, 1.165) is 0 Å². The Morgan fingerprint density at radius 2 is 1.71 bits per heavy atom. The highest BCUT2D eigenvalue weighted by molar-refractivity contribution is 6.13. The average molecular weight is 231 g/mol. The van der Waals surface area contributed by atoms with Gasteiger partial charge in [-0.1, -0.05) is 45.7 Å². The van der Waals surface area contributed by atoms with Crippen LogP contribution >= 0.6 is 0 Å². The maximum atomic E-state index is 9.44. The first kappa shape index (κ1) is 15.2. The molecular formula is C15H21NO. The van der Waals surface area contributed by atoms with Crippen LogP contribution in [-0.4, -0.2) is 10.8 Å². The van der Waals surface area contributed by atoms with Crippen LogP contribution in [-0.2, 0) is 0 Å². The third-order valence-electron chi connectivity index (χ3n) is 2.30. The summed E-state index contributed by atoms with van der Waals surface area (Å²) < 4.78 is 0. The molecule has 0 spiro atoms. The van der Waals surface area contributed by atoms with Gasteiger partial charge in [-0.25, -0.2) is 0 Å². The summed E-state index contributed by atoms with van der Waals surface area (Å²) in [6, 6.07) is 0. The second-order valence-corrected chi connectivity index (χ2v) is 4.13. The van der Waals surface area contributed by atoms with Crippen molar-refractivity contribution in [2.45, 2.75) is 20.8 Å². The van der Waals surface area contributed by atoms with Crippen LogP contribution in [0.25, 0.3) is 0 Å². The molecule has 0 atom stereocenters. The quantitative estimate of drug-likeness (QED) is 0.398. The van der Waals surface area contributed by atoms with Crippen LogP contribution in [0.3, 0.4) is 0 Å². The maximum Gasteiger partial charge on any atom is 0.111 e. The molecule has 2 N–H and O–H groups in total. The van der Waals surface area contributed by atoms with Gasteiger partial charge in [0, 0.05) is 0 Å². The molecule has 2 nitrogen and oxygen atoms in total. The van der Waals surface area contributed by atoms with Crippen molar-refractivity contribution in [2.75, 3.05) is 0 Å². The molecule has 0 aliphatic rings. The number of aliphatic hydroxyl groups excluding tert-OH is 1. The molecule has 0 bridgehead atoms. The molecule has 0 rings (SSSR count). The lowest BCUT2D eigenvalue weighted by atomic mass is 9.96. The molecule has 0 radical (unpaired) electrons. The Hall–Kier alpha value is -1.83. The Bertz CT molecular complexity index is 409. The summed E-state index contributed by atoms with van der Waals surface area (Å²) >= 11 is 0. The first-order chi connectivity index (χ1) is 7.81. The fourth-order valence-corrected chi connectivity index (χ4v) is 1.33. The maximum absolute atomic E-state index is 9.44. The van der Waals surface area contributed by atoms with E-state index in [1.54, 1.807) is 12.2 Å². The van der Waals surface area contributed by atoms with Crippen molar-refractivity contribution >= 4 is 5.71 Å². The van der Waals surface area contributed by atoms with Gasteiger partial charge in [0.2, 0.25) is 0 Å². The molecular weight excluding hydrogens is 210 g/mol. The lowest BCUT2D eigenvalue weighted by Gasteiger charge is -2.11. The van der Waals surface area contributed by atoms with Crippen LogP contribution in [0.4, 0.5) is 0 Å². The molecule has 0 saturated heterocycles. The smallest absolute Gasteiger partial charge is 0.111 e. The Balaban J connectivity index is 5.07. The van der Waals surface area contributed by atoms with Gasteiger partial charge in [-0.2, -0.15) is 0 Å². The summed E-state index contributed by atoms with van der Waals surface area (Å²) in [4.78, 5) is 0. The molecule has 0 aromatic rings. The number of aliphatic hydroxyl groups is 1. The number of nitrogens with one attached hydrogen (secondary N) is 1. The van der Waals surface area contributed by atoms with E-state index in [4.69, 9.17) is 5.41 Å². The van der Waals surface area contributed by atoms with Crippen molar-refractivity contribution in [3.8, 4) is 0 Å². The molecule has 0 aromatic carbocycles. The zero-order valence-electron chi connectivity index (χ0n) is 10.9. The van der Waals surface area contributed by atoms with E-state index in [1.165, 1.54) is 0 Å². The second kappa shape index (κ2) is 6.69. The molecule has 0 aromatic heterocycles. The summed E-state index contributed by atoms with van der Waals surface area (Å²) in [6.45, 7) is 16.9. The predicted octanol–water partition coefficient (Wildman–Crippen LogP) is 4.35. The van der Waals surface area contributed by atoms with Crippen molar-refractivity contribution in [3.63, 3.8) is 0 Å². The average Bonchev–Trinajstić information content (AvgIpc) is 2.23. The molecule has 0 fully saturated rings. The molecule has 0 heterocycles. The highest BCUT2D eigenvalue weighted by Crippen LogP contribution is 2.19. The van der Waals surface area contributed by atoms with Crippen molar-refractivity contribution in [1.82, 2.24) is 0 Å². The summed E-state index contributed by atoms with van der Waals surface area (Å²) in [7, 11) is 0. The first-order valence-electron chi connectivity index (χ1n) is 5.50. The highest BCUT2D eigenvalue weighted by Gasteiger charge is 2.09. The van der Waals surface area contributed by atoms with Crippen molar-refractivity contribution < 1.29 is 5.11 Å². The zero-order chi connectivity index (χ0) is 13.6. The fraction of sp³-hybridized carbons (Fsp3) is 0.267. The molecule has 17 heavy (non-hydrogen) atoms. The van der Waals surface area contributed by atoms with E-state index >= 15 is 0 Å². The van der Waals surface area contributed by atoms with E-state index in [9.17, 15) is 5.11 Å². The van der Waals surface area contributed by atoms with Gasteiger partial charge in [-0.05, 0) is 35.6 Å². The lowest BCUT2D eigenvalue weighted by Crippen LogP contribution is -2.04. The van der Waals surface area contributed by atoms with Gasteiger partial charge in [0.15, 0.2) is 0 Å². The van der Waals surface area contributed by atoms with Gasteiger partial charge in [0.25, 0.3) is 0 Å². The summed E-state index contributed by atoms with van der Waals surface area (Å²) in [6.07, 6.45) is 5.26. The molecule has 92 valence electrons. The van der Waals surface area contributed by atoms with Gasteiger partial charge in [-0.3, -0.25) is 5.41 Å². The van der Waals surface area contributed by atoms with Crippen LogP contribution in [0.2, 0.25) is 0 Å². The SMILES string of the molecule is C=C(/C=C\C)C(=N)C(=C)/C=C(\C(=C)O)C(C)C. The zero-order valence-corrected chi connectivity index (χ0v) is 10.9. The van der Waals surface area contributed by atoms with Crippen molar-refractivity contribution in [2.24, 2.45) is 5.92 Å². The Labute approximate surface area is 104 Å².